The van der Waals surface area contributed by atoms with E-state index >= 15 is 0 Å². The second kappa shape index (κ2) is 8.34. The van der Waals surface area contributed by atoms with Gasteiger partial charge in [0.05, 0.1) is 17.4 Å². The van der Waals surface area contributed by atoms with E-state index in [1.54, 1.807) is 13.4 Å². The molecule has 0 aliphatic carbocycles. The Morgan fingerprint density at radius 2 is 2.03 bits per heavy atom. The molecule has 0 radical (unpaired) electrons. The highest BCUT2D eigenvalue weighted by atomic mass is 32.1. The van der Waals surface area contributed by atoms with E-state index in [1.165, 1.54) is 11.3 Å². The highest BCUT2D eigenvalue weighted by molar-refractivity contribution is 7.20. The van der Waals surface area contributed by atoms with Gasteiger partial charge in [-0.15, -0.1) is 11.3 Å². The summed E-state index contributed by atoms with van der Waals surface area (Å²) in [5.41, 5.74) is 2.04. The predicted octanol–water partition coefficient (Wildman–Crippen LogP) is 3.01. The highest BCUT2D eigenvalue weighted by Crippen LogP contribution is 2.34. The fourth-order valence-corrected chi connectivity index (χ4v) is 4.65. The normalized spacial score (nSPS) is 14.9. The third kappa shape index (κ3) is 4.04. The molecule has 1 fully saturated rings. The number of fused-ring (bicyclic) bond motifs is 1. The topological polar surface area (TPSA) is 70.6 Å². The van der Waals surface area contributed by atoms with Crippen LogP contribution in [-0.4, -0.2) is 66.0 Å². The van der Waals surface area contributed by atoms with E-state index in [0.29, 0.717) is 6.54 Å². The monoisotopic (exact) mass is 411 g/mol. The predicted molar refractivity (Wildman–Crippen MR) is 116 cm³/mol. The first-order valence-electron chi connectivity index (χ1n) is 9.65. The highest BCUT2D eigenvalue weighted by Gasteiger charge is 2.25. The van der Waals surface area contributed by atoms with Crippen molar-refractivity contribution in [2.45, 2.75) is 13.5 Å². The molecule has 0 unspecified atom stereocenters. The number of nitrogens with zero attached hydrogens (tertiary/aromatic N) is 4. The summed E-state index contributed by atoms with van der Waals surface area (Å²) in [7, 11) is 3.75. The number of nitrogens with one attached hydrogen (secondary N) is 1. The van der Waals surface area contributed by atoms with E-state index in [4.69, 9.17) is 4.74 Å². The number of hydrogen-bond donors (Lipinski definition) is 1. The van der Waals surface area contributed by atoms with Crippen LogP contribution in [0, 0.1) is 6.92 Å². The fraction of sp³-hybridized carbons (Fsp3) is 0.381. The molecule has 0 atom stereocenters. The number of rotatable bonds is 5. The molecule has 0 bridgehead atoms. The molecule has 2 aromatic heterocycles. The number of benzene rings is 1. The SMILES string of the molecule is COc1cccc(CNc2ncnc3sc(C(=O)N4CCN(C)CC4)c(C)c23)c1. The largest absolute Gasteiger partial charge is 0.497 e. The summed E-state index contributed by atoms with van der Waals surface area (Å²) >= 11 is 1.45. The zero-order valence-corrected chi connectivity index (χ0v) is 17.8. The van der Waals surface area contributed by atoms with E-state index in [2.05, 4.69) is 27.2 Å². The number of carbonyl (C=O) groups is 1. The maximum absolute atomic E-state index is 13.1. The number of piperazine rings is 1. The van der Waals surface area contributed by atoms with Gasteiger partial charge in [0, 0.05) is 32.7 Å². The lowest BCUT2D eigenvalue weighted by atomic mass is 10.1. The lowest BCUT2D eigenvalue weighted by Crippen LogP contribution is -2.47. The number of carbonyl (C=O) groups excluding carboxylic acids is 1. The summed E-state index contributed by atoms with van der Waals surface area (Å²) < 4.78 is 5.29. The number of amides is 1. The Balaban J connectivity index is 1.58. The second-order valence-corrected chi connectivity index (χ2v) is 8.26. The first-order chi connectivity index (χ1) is 14.1. The van der Waals surface area contributed by atoms with Gasteiger partial charge in [0.15, 0.2) is 0 Å². The Morgan fingerprint density at radius 1 is 1.24 bits per heavy atom. The lowest BCUT2D eigenvalue weighted by Gasteiger charge is -2.32. The molecular weight excluding hydrogens is 386 g/mol. The van der Waals surface area contributed by atoms with Crippen LogP contribution >= 0.6 is 11.3 Å². The van der Waals surface area contributed by atoms with Gasteiger partial charge < -0.3 is 19.9 Å². The van der Waals surface area contributed by atoms with Crippen LogP contribution in [0.15, 0.2) is 30.6 Å². The van der Waals surface area contributed by atoms with E-state index in [9.17, 15) is 4.79 Å². The number of hydrogen-bond acceptors (Lipinski definition) is 7. The van der Waals surface area contributed by atoms with Gasteiger partial charge in [0.1, 0.15) is 22.7 Å². The van der Waals surface area contributed by atoms with Crippen LogP contribution in [0.3, 0.4) is 0 Å². The minimum Gasteiger partial charge on any atom is -0.497 e. The first-order valence-corrected chi connectivity index (χ1v) is 10.5. The molecule has 8 heteroatoms. The van der Waals surface area contributed by atoms with Crippen molar-refractivity contribution in [2.24, 2.45) is 0 Å². The summed E-state index contributed by atoms with van der Waals surface area (Å²) in [6.45, 7) is 5.93. The van der Waals surface area contributed by atoms with Gasteiger partial charge in [-0.2, -0.15) is 0 Å². The van der Waals surface area contributed by atoms with Crippen LogP contribution in [0.5, 0.6) is 5.75 Å². The standard InChI is InChI=1S/C21H25N5O2S/c1-14-17-19(22-12-15-5-4-6-16(11-15)28-3)23-13-24-20(17)29-18(14)21(27)26-9-7-25(2)8-10-26/h4-6,11,13H,7-10,12H2,1-3H3,(H,22,23,24). The van der Waals surface area contributed by atoms with Gasteiger partial charge in [0.2, 0.25) is 0 Å². The maximum atomic E-state index is 13.1. The number of thiophene rings is 1. The minimum absolute atomic E-state index is 0.0948. The van der Waals surface area contributed by atoms with Crippen molar-refractivity contribution < 1.29 is 9.53 Å². The molecule has 3 aromatic rings. The molecule has 1 saturated heterocycles. The van der Waals surface area contributed by atoms with Gasteiger partial charge in [-0.25, -0.2) is 9.97 Å². The van der Waals surface area contributed by atoms with E-state index < -0.39 is 0 Å². The van der Waals surface area contributed by atoms with Crippen molar-refractivity contribution in [3.8, 4) is 5.75 Å². The minimum atomic E-state index is 0.0948. The molecule has 4 rings (SSSR count). The third-order valence-corrected chi connectivity index (χ3v) is 6.49. The van der Waals surface area contributed by atoms with Crippen LogP contribution in [-0.2, 0) is 6.54 Å². The van der Waals surface area contributed by atoms with Gasteiger partial charge in [-0.1, -0.05) is 12.1 Å². The zero-order valence-electron chi connectivity index (χ0n) is 16.9. The Bertz CT molecular complexity index is 1030. The summed E-state index contributed by atoms with van der Waals surface area (Å²) in [5, 5.41) is 4.33. The fourth-order valence-electron chi connectivity index (χ4n) is 3.53. The molecule has 1 aliphatic heterocycles. The molecule has 7 nitrogen and oxygen atoms in total. The van der Waals surface area contributed by atoms with Crippen LogP contribution in [0.4, 0.5) is 5.82 Å². The van der Waals surface area contributed by atoms with E-state index in [0.717, 1.165) is 64.0 Å². The van der Waals surface area contributed by atoms with Gasteiger partial charge >= 0.3 is 0 Å². The van der Waals surface area contributed by atoms with Crippen LogP contribution in [0.1, 0.15) is 20.8 Å². The smallest absolute Gasteiger partial charge is 0.264 e. The lowest BCUT2D eigenvalue weighted by molar-refractivity contribution is 0.0668. The third-order valence-electron chi connectivity index (χ3n) is 5.31. The molecule has 0 saturated carbocycles. The zero-order chi connectivity index (χ0) is 20.4. The van der Waals surface area contributed by atoms with Gasteiger partial charge in [-0.3, -0.25) is 4.79 Å². The molecule has 152 valence electrons. The molecule has 3 heterocycles. The van der Waals surface area contributed by atoms with Crippen molar-refractivity contribution in [3.05, 3.63) is 46.6 Å². The Morgan fingerprint density at radius 3 is 2.79 bits per heavy atom. The average Bonchev–Trinajstić information content (AvgIpc) is 3.09. The van der Waals surface area contributed by atoms with Gasteiger partial charge in [-0.05, 0) is 37.2 Å². The van der Waals surface area contributed by atoms with Crippen molar-refractivity contribution in [2.75, 3.05) is 45.7 Å². The Kier molecular flexibility index (Phi) is 5.64. The summed E-state index contributed by atoms with van der Waals surface area (Å²) in [4.78, 5) is 27.7. The van der Waals surface area contributed by atoms with Gasteiger partial charge in [0.25, 0.3) is 5.91 Å². The number of methoxy groups -OCH3 is 1. The Labute approximate surface area is 174 Å². The van der Waals surface area contributed by atoms with Crippen molar-refractivity contribution in [1.82, 2.24) is 19.8 Å². The van der Waals surface area contributed by atoms with E-state index in [-0.39, 0.29) is 5.91 Å². The molecule has 1 aromatic carbocycles. The summed E-state index contributed by atoms with van der Waals surface area (Å²) in [6.07, 6.45) is 1.55. The van der Waals surface area contributed by atoms with Crippen LogP contribution < -0.4 is 10.1 Å². The van der Waals surface area contributed by atoms with Crippen LogP contribution in [0.2, 0.25) is 0 Å². The number of anilines is 1. The molecule has 1 N–H and O–H groups in total. The number of ether oxygens (including phenoxy) is 1. The molecule has 0 spiro atoms. The molecular formula is C21H25N5O2S. The van der Waals surface area contributed by atoms with Crippen molar-refractivity contribution in [3.63, 3.8) is 0 Å². The molecule has 1 aliphatic rings. The summed E-state index contributed by atoms with van der Waals surface area (Å²) in [5.74, 6) is 1.67. The van der Waals surface area contributed by atoms with Crippen molar-refractivity contribution >= 4 is 33.3 Å². The quantitative estimate of drug-likeness (QED) is 0.696. The number of aromatic nitrogens is 2. The molecule has 1 amide bonds. The number of likely N-dealkylation sites (N-methyl/N-ethyl adjacent to an activating group) is 1. The average molecular weight is 412 g/mol. The number of aryl methyl sites for hydroxylation is 1. The Hall–Kier alpha value is -2.71. The maximum Gasteiger partial charge on any atom is 0.264 e. The van der Waals surface area contributed by atoms with Crippen LogP contribution in [0.25, 0.3) is 10.2 Å². The second-order valence-electron chi connectivity index (χ2n) is 7.26. The summed E-state index contributed by atoms with van der Waals surface area (Å²) in [6, 6.07) is 7.92. The van der Waals surface area contributed by atoms with Crippen molar-refractivity contribution in [1.29, 1.82) is 0 Å². The van der Waals surface area contributed by atoms with E-state index in [1.807, 2.05) is 36.1 Å². The molecule has 29 heavy (non-hydrogen) atoms. The first kappa shape index (κ1) is 19.6.